The predicted octanol–water partition coefficient (Wildman–Crippen LogP) is 0.505. The van der Waals surface area contributed by atoms with Crippen LogP contribution in [0.4, 0.5) is 0 Å². The van der Waals surface area contributed by atoms with E-state index in [1.807, 2.05) is 41.2 Å². The number of ether oxygens (including phenoxy) is 1. The standard InChI is InChI=1S/C15H20N4O2/c1-21-11-14(16)15(20)17-8-7-12-9-18-19(10-12)13-5-3-2-4-6-13/h2-6,9-10,14H,7-8,11,16H2,1H3,(H,17,20). The van der Waals surface area contributed by atoms with Crippen molar-refractivity contribution in [2.45, 2.75) is 12.5 Å². The lowest BCUT2D eigenvalue weighted by Gasteiger charge is -2.10. The van der Waals surface area contributed by atoms with E-state index in [1.165, 1.54) is 7.11 Å². The highest BCUT2D eigenvalue weighted by molar-refractivity contribution is 5.81. The van der Waals surface area contributed by atoms with Crippen molar-refractivity contribution in [2.24, 2.45) is 5.73 Å². The van der Waals surface area contributed by atoms with Crippen LogP contribution < -0.4 is 11.1 Å². The van der Waals surface area contributed by atoms with Gasteiger partial charge in [0.25, 0.3) is 0 Å². The van der Waals surface area contributed by atoms with E-state index in [9.17, 15) is 4.79 Å². The molecule has 6 nitrogen and oxygen atoms in total. The molecule has 1 aromatic carbocycles. The van der Waals surface area contributed by atoms with Crippen LogP contribution in [0.5, 0.6) is 0 Å². The Morgan fingerprint density at radius 3 is 2.90 bits per heavy atom. The van der Waals surface area contributed by atoms with E-state index in [4.69, 9.17) is 10.5 Å². The zero-order chi connectivity index (χ0) is 15.1. The SMILES string of the molecule is COCC(N)C(=O)NCCc1cnn(-c2ccccc2)c1. The van der Waals surface area contributed by atoms with E-state index >= 15 is 0 Å². The second kappa shape index (κ2) is 7.56. The van der Waals surface area contributed by atoms with Crippen molar-refractivity contribution in [1.82, 2.24) is 15.1 Å². The second-order valence-corrected chi connectivity index (χ2v) is 4.73. The van der Waals surface area contributed by atoms with Crippen molar-refractivity contribution in [1.29, 1.82) is 0 Å². The molecule has 6 heteroatoms. The third-order valence-electron chi connectivity index (χ3n) is 3.05. The molecule has 0 fully saturated rings. The molecule has 0 saturated carbocycles. The lowest BCUT2D eigenvalue weighted by molar-refractivity contribution is -0.123. The number of benzene rings is 1. The van der Waals surface area contributed by atoms with E-state index in [-0.39, 0.29) is 12.5 Å². The first-order valence-electron chi connectivity index (χ1n) is 6.82. The van der Waals surface area contributed by atoms with Gasteiger partial charge in [-0.05, 0) is 24.1 Å². The molecule has 0 saturated heterocycles. The van der Waals surface area contributed by atoms with Crippen LogP contribution in [0.15, 0.2) is 42.7 Å². The maximum atomic E-state index is 11.6. The average molecular weight is 288 g/mol. The average Bonchev–Trinajstić information content (AvgIpc) is 2.97. The fourth-order valence-electron chi connectivity index (χ4n) is 1.93. The number of nitrogens with two attached hydrogens (primary N) is 1. The number of para-hydroxylation sites is 1. The molecule has 1 amide bonds. The molecule has 0 radical (unpaired) electrons. The number of nitrogens with one attached hydrogen (secondary N) is 1. The molecule has 1 unspecified atom stereocenters. The molecule has 1 heterocycles. The molecule has 0 spiro atoms. The number of aromatic nitrogens is 2. The number of nitrogens with zero attached hydrogens (tertiary/aromatic N) is 2. The number of carbonyl (C=O) groups is 1. The number of carbonyl (C=O) groups excluding carboxylic acids is 1. The maximum Gasteiger partial charge on any atom is 0.239 e. The van der Waals surface area contributed by atoms with Crippen LogP contribution in [-0.2, 0) is 16.0 Å². The third-order valence-corrected chi connectivity index (χ3v) is 3.05. The molecule has 21 heavy (non-hydrogen) atoms. The summed E-state index contributed by atoms with van der Waals surface area (Å²) in [5, 5.41) is 7.09. The van der Waals surface area contributed by atoms with Crippen molar-refractivity contribution in [3.8, 4) is 5.69 Å². The summed E-state index contributed by atoms with van der Waals surface area (Å²) in [5.41, 5.74) is 7.70. The van der Waals surface area contributed by atoms with E-state index in [2.05, 4.69) is 10.4 Å². The van der Waals surface area contributed by atoms with Crippen LogP contribution in [-0.4, -0.2) is 42.0 Å². The molecule has 2 aromatic rings. The lowest BCUT2D eigenvalue weighted by Crippen LogP contribution is -2.44. The summed E-state index contributed by atoms with van der Waals surface area (Å²) in [7, 11) is 1.52. The largest absolute Gasteiger partial charge is 0.383 e. The van der Waals surface area contributed by atoms with E-state index in [0.29, 0.717) is 13.0 Å². The van der Waals surface area contributed by atoms with E-state index in [0.717, 1.165) is 11.3 Å². The van der Waals surface area contributed by atoms with Crippen LogP contribution in [0, 0.1) is 0 Å². The summed E-state index contributed by atoms with van der Waals surface area (Å²) < 4.78 is 6.66. The van der Waals surface area contributed by atoms with Gasteiger partial charge in [-0.1, -0.05) is 18.2 Å². The molecule has 3 N–H and O–H groups in total. The topological polar surface area (TPSA) is 82.2 Å². The quantitative estimate of drug-likeness (QED) is 0.777. The highest BCUT2D eigenvalue weighted by atomic mass is 16.5. The highest BCUT2D eigenvalue weighted by Gasteiger charge is 2.12. The Bertz CT molecular complexity index is 568. The first-order valence-corrected chi connectivity index (χ1v) is 6.82. The maximum absolute atomic E-state index is 11.6. The van der Waals surface area contributed by atoms with Crippen LogP contribution in [0.25, 0.3) is 5.69 Å². The number of amides is 1. The summed E-state index contributed by atoms with van der Waals surface area (Å²) in [5.74, 6) is -0.202. The summed E-state index contributed by atoms with van der Waals surface area (Å²) >= 11 is 0. The minimum absolute atomic E-state index is 0.202. The number of methoxy groups -OCH3 is 1. The van der Waals surface area contributed by atoms with Crippen molar-refractivity contribution in [3.05, 3.63) is 48.3 Å². The van der Waals surface area contributed by atoms with Crippen LogP contribution >= 0.6 is 0 Å². The molecule has 1 atom stereocenters. The molecule has 0 aliphatic heterocycles. The molecule has 0 aliphatic rings. The molecule has 1 aromatic heterocycles. The predicted molar refractivity (Wildman–Crippen MR) is 80.1 cm³/mol. The van der Waals surface area contributed by atoms with Crippen molar-refractivity contribution >= 4 is 5.91 Å². The monoisotopic (exact) mass is 288 g/mol. The van der Waals surface area contributed by atoms with Crippen molar-refractivity contribution in [2.75, 3.05) is 20.3 Å². The minimum Gasteiger partial charge on any atom is -0.383 e. The molecule has 0 bridgehead atoms. The smallest absolute Gasteiger partial charge is 0.239 e. The van der Waals surface area contributed by atoms with Gasteiger partial charge in [0.2, 0.25) is 5.91 Å². The van der Waals surface area contributed by atoms with Crippen LogP contribution in [0.3, 0.4) is 0 Å². The zero-order valence-corrected chi connectivity index (χ0v) is 12.0. The van der Waals surface area contributed by atoms with Gasteiger partial charge in [-0.25, -0.2) is 4.68 Å². The van der Waals surface area contributed by atoms with Gasteiger partial charge in [-0.3, -0.25) is 4.79 Å². The normalized spacial score (nSPS) is 12.1. The summed E-state index contributed by atoms with van der Waals surface area (Å²) in [4.78, 5) is 11.6. The van der Waals surface area contributed by atoms with Gasteiger partial charge in [-0.15, -0.1) is 0 Å². The van der Waals surface area contributed by atoms with Gasteiger partial charge in [0.05, 0.1) is 18.5 Å². The van der Waals surface area contributed by atoms with E-state index < -0.39 is 6.04 Å². The zero-order valence-electron chi connectivity index (χ0n) is 12.0. The van der Waals surface area contributed by atoms with Gasteiger partial charge in [0.15, 0.2) is 0 Å². The molecule has 112 valence electrons. The van der Waals surface area contributed by atoms with Gasteiger partial charge in [0, 0.05) is 19.9 Å². The Morgan fingerprint density at radius 2 is 2.19 bits per heavy atom. The summed E-state index contributed by atoms with van der Waals surface area (Å²) in [6.45, 7) is 0.745. The highest BCUT2D eigenvalue weighted by Crippen LogP contribution is 2.07. The molecule has 0 aliphatic carbocycles. The first-order chi connectivity index (χ1) is 10.2. The Balaban J connectivity index is 1.82. The van der Waals surface area contributed by atoms with E-state index in [1.54, 1.807) is 6.20 Å². The van der Waals surface area contributed by atoms with Crippen LogP contribution in [0.1, 0.15) is 5.56 Å². The fourth-order valence-corrected chi connectivity index (χ4v) is 1.93. The van der Waals surface area contributed by atoms with Gasteiger partial charge < -0.3 is 15.8 Å². The Morgan fingerprint density at radius 1 is 1.43 bits per heavy atom. The first kappa shape index (κ1) is 15.2. The summed E-state index contributed by atoms with van der Waals surface area (Å²) in [6, 6.07) is 9.25. The van der Waals surface area contributed by atoms with Gasteiger partial charge >= 0.3 is 0 Å². The minimum atomic E-state index is -0.623. The molecular weight excluding hydrogens is 268 g/mol. The van der Waals surface area contributed by atoms with Crippen molar-refractivity contribution < 1.29 is 9.53 Å². The number of hydrogen-bond donors (Lipinski definition) is 2. The molecular formula is C15H20N4O2. The Kier molecular flexibility index (Phi) is 5.48. The van der Waals surface area contributed by atoms with Crippen molar-refractivity contribution in [3.63, 3.8) is 0 Å². The lowest BCUT2D eigenvalue weighted by atomic mass is 10.2. The second-order valence-electron chi connectivity index (χ2n) is 4.73. The summed E-state index contributed by atoms with van der Waals surface area (Å²) in [6.07, 6.45) is 4.46. The number of rotatable bonds is 7. The number of hydrogen-bond acceptors (Lipinski definition) is 4. The Hall–Kier alpha value is -2.18. The fraction of sp³-hybridized carbons (Fsp3) is 0.333. The van der Waals surface area contributed by atoms with Crippen LogP contribution in [0.2, 0.25) is 0 Å². The third kappa shape index (κ3) is 4.40. The van der Waals surface area contributed by atoms with Gasteiger partial charge in [0.1, 0.15) is 6.04 Å². The molecule has 2 rings (SSSR count). The Labute approximate surface area is 123 Å². The van der Waals surface area contributed by atoms with Gasteiger partial charge in [-0.2, -0.15) is 5.10 Å².